The standard InChI is InChI=1S/C12H19NO/c1-9(2)13(4)10(3)11-7-5-6-8-12(11)14/h5-10,14H,1-4H3/t10-/m0/s1. The molecule has 14 heavy (non-hydrogen) atoms. The average molecular weight is 193 g/mol. The maximum Gasteiger partial charge on any atom is 0.120 e. The minimum absolute atomic E-state index is 0.246. The molecular weight excluding hydrogens is 174 g/mol. The van der Waals surface area contributed by atoms with E-state index in [4.69, 9.17) is 0 Å². The summed E-state index contributed by atoms with van der Waals surface area (Å²) in [6, 6.07) is 8.24. The Kier molecular flexibility index (Phi) is 3.53. The lowest BCUT2D eigenvalue weighted by molar-refractivity contribution is 0.207. The lowest BCUT2D eigenvalue weighted by Gasteiger charge is -2.29. The molecule has 0 aliphatic heterocycles. The van der Waals surface area contributed by atoms with E-state index in [0.29, 0.717) is 11.8 Å². The molecule has 0 saturated carbocycles. The van der Waals surface area contributed by atoms with Crippen LogP contribution in [0.5, 0.6) is 5.75 Å². The van der Waals surface area contributed by atoms with Crippen molar-refractivity contribution in [3.63, 3.8) is 0 Å². The minimum Gasteiger partial charge on any atom is -0.508 e. The summed E-state index contributed by atoms with van der Waals surface area (Å²) in [5.74, 6) is 0.382. The fraction of sp³-hybridized carbons (Fsp3) is 0.500. The van der Waals surface area contributed by atoms with E-state index in [1.807, 2.05) is 18.2 Å². The Bertz CT molecular complexity index is 296. The molecule has 0 saturated heterocycles. The minimum atomic E-state index is 0.246. The molecule has 0 aromatic heterocycles. The van der Waals surface area contributed by atoms with Gasteiger partial charge in [-0.1, -0.05) is 18.2 Å². The van der Waals surface area contributed by atoms with Gasteiger partial charge in [0, 0.05) is 17.6 Å². The van der Waals surface area contributed by atoms with Crippen molar-refractivity contribution >= 4 is 0 Å². The zero-order valence-corrected chi connectivity index (χ0v) is 9.36. The summed E-state index contributed by atoms with van der Waals surface area (Å²) in [4.78, 5) is 2.23. The van der Waals surface area contributed by atoms with Crippen molar-refractivity contribution < 1.29 is 5.11 Å². The van der Waals surface area contributed by atoms with E-state index in [2.05, 4.69) is 32.7 Å². The molecule has 1 N–H and O–H groups in total. The second kappa shape index (κ2) is 4.47. The Morgan fingerprint density at radius 3 is 2.21 bits per heavy atom. The molecule has 1 atom stereocenters. The van der Waals surface area contributed by atoms with Gasteiger partial charge in [0.05, 0.1) is 0 Å². The molecule has 2 nitrogen and oxygen atoms in total. The van der Waals surface area contributed by atoms with Crippen LogP contribution in [-0.2, 0) is 0 Å². The van der Waals surface area contributed by atoms with Crippen LogP contribution < -0.4 is 0 Å². The van der Waals surface area contributed by atoms with Crippen LogP contribution in [0.25, 0.3) is 0 Å². The number of nitrogens with zero attached hydrogens (tertiary/aromatic N) is 1. The van der Waals surface area contributed by atoms with Crippen molar-refractivity contribution in [1.82, 2.24) is 4.90 Å². The molecule has 0 radical (unpaired) electrons. The highest BCUT2D eigenvalue weighted by molar-refractivity contribution is 5.34. The first-order valence-electron chi connectivity index (χ1n) is 5.04. The Balaban J connectivity index is 2.89. The Labute approximate surface area is 86.2 Å². The first-order chi connectivity index (χ1) is 6.54. The third-order valence-corrected chi connectivity index (χ3v) is 2.81. The van der Waals surface area contributed by atoms with Gasteiger partial charge in [-0.3, -0.25) is 4.90 Å². The highest BCUT2D eigenvalue weighted by Crippen LogP contribution is 2.27. The fourth-order valence-corrected chi connectivity index (χ4v) is 1.51. The van der Waals surface area contributed by atoms with Crippen LogP contribution >= 0.6 is 0 Å². The zero-order valence-electron chi connectivity index (χ0n) is 9.36. The number of benzene rings is 1. The van der Waals surface area contributed by atoms with Crippen molar-refractivity contribution in [2.24, 2.45) is 0 Å². The number of phenols is 1. The summed E-state index contributed by atoms with van der Waals surface area (Å²) in [7, 11) is 2.07. The molecule has 0 aliphatic rings. The number of hydrogen-bond acceptors (Lipinski definition) is 2. The Morgan fingerprint density at radius 2 is 1.71 bits per heavy atom. The third kappa shape index (κ3) is 2.26. The summed E-state index contributed by atoms with van der Waals surface area (Å²) in [6.45, 7) is 6.40. The lowest BCUT2D eigenvalue weighted by atomic mass is 10.1. The topological polar surface area (TPSA) is 23.5 Å². The Morgan fingerprint density at radius 1 is 1.14 bits per heavy atom. The number of rotatable bonds is 3. The monoisotopic (exact) mass is 193 g/mol. The summed E-state index contributed by atoms with van der Waals surface area (Å²) in [6.07, 6.45) is 0. The molecule has 1 aromatic rings. The van der Waals surface area contributed by atoms with E-state index in [0.717, 1.165) is 5.56 Å². The van der Waals surface area contributed by atoms with Gasteiger partial charge < -0.3 is 5.11 Å². The van der Waals surface area contributed by atoms with Crippen LogP contribution in [0.4, 0.5) is 0 Å². The molecule has 0 spiro atoms. The van der Waals surface area contributed by atoms with Crippen molar-refractivity contribution in [2.75, 3.05) is 7.05 Å². The van der Waals surface area contributed by atoms with E-state index in [9.17, 15) is 5.11 Å². The van der Waals surface area contributed by atoms with E-state index >= 15 is 0 Å². The van der Waals surface area contributed by atoms with Gasteiger partial charge in [-0.05, 0) is 33.9 Å². The van der Waals surface area contributed by atoms with Gasteiger partial charge in [0.25, 0.3) is 0 Å². The van der Waals surface area contributed by atoms with Crippen LogP contribution in [0.15, 0.2) is 24.3 Å². The molecule has 2 heteroatoms. The van der Waals surface area contributed by atoms with Crippen LogP contribution in [0.3, 0.4) is 0 Å². The SMILES string of the molecule is CC(C)N(C)[C@@H](C)c1ccccc1O. The van der Waals surface area contributed by atoms with E-state index in [1.165, 1.54) is 0 Å². The second-order valence-corrected chi connectivity index (χ2v) is 3.99. The zero-order chi connectivity index (χ0) is 10.7. The number of para-hydroxylation sites is 1. The molecule has 0 aliphatic carbocycles. The molecule has 0 amide bonds. The van der Waals surface area contributed by atoms with E-state index in [1.54, 1.807) is 6.07 Å². The van der Waals surface area contributed by atoms with Crippen LogP contribution in [0, 0.1) is 0 Å². The van der Waals surface area contributed by atoms with E-state index in [-0.39, 0.29) is 6.04 Å². The third-order valence-electron chi connectivity index (χ3n) is 2.81. The number of hydrogen-bond donors (Lipinski definition) is 1. The smallest absolute Gasteiger partial charge is 0.120 e. The molecule has 78 valence electrons. The van der Waals surface area contributed by atoms with Crippen molar-refractivity contribution in [2.45, 2.75) is 32.9 Å². The van der Waals surface area contributed by atoms with E-state index < -0.39 is 0 Å². The van der Waals surface area contributed by atoms with Gasteiger partial charge in [-0.2, -0.15) is 0 Å². The summed E-state index contributed by atoms with van der Waals surface area (Å²) >= 11 is 0. The fourth-order valence-electron chi connectivity index (χ4n) is 1.51. The van der Waals surface area contributed by atoms with Gasteiger partial charge in [0.15, 0.2) is 0 Å². The maximum absolute atomic E-state index is 9.68. The summed E-state index contributed by atoms with van der Waals surface area (Å²) in [5, 5.41) is 9.68. The van der Waals surface area contributed by atoms with Gasteiger partial charge in [-0.25, -0.2) is 0 Å². The average Bonchev–Trinajstić information content (AvgIpc) is 2.16. The molecule has 0 fully saturated rings. The number of aromatic hydroxyl groups is 1. The van der Waals surface area contributed by atoms with Crippen molar-refractivity contribution in [3.8, 4) is 5.75 Å². The molecule has 0 heterocycles. The molecule has 0 bridgehead atoms. The highest BCUT2D eigenvalue weighted by Gasteiger charge is 2.16. The van der Waals surface area contributed by atoms with Gasteiger partial charge in [-0.15, -0.1) is 0 Å². The molecule has 0 unspecified atom stereocenters. The summed E-state index contributed by atoms with van der Waals surface area (Å²) < 4.78 is 0. The van der Waals surface area contributed by atoms with Gasteiger partial charge in [0.2, 0.25) is 0 Å². The summed E-state index contributed by atoms with van der Waals surface area (Å²) in [5.41, 5.74) is 0.990. The molecular formula is C12H19NO. The molecule has 1 rings (SSSR count). The number of phenolic OH excluding ortho intramolecular Hbond substituents is 1. The van der Waals surface area contributed by atoms with Crippen LogP contribution in [0.2, 0.25) is 0 Å². The van der Waals surface area contributed by atoms with Crippen molar-refractivity contribution in [1.29, 1.82) is 0 Å². The van der Waals surface area contributed by atoms with Crippen molar-refractivity contribution in [3.05, 3.63) is 29.8 Å². The largest absolute Gasteiger partial charge is 0.508 e. The van der Waals surface area contributed by atoms with Crippen LogP contribution in [-0.4, -0.2) is 23.1 Å². The predicted molar refractivity (Wildman–Crippen MR) is 59.4 cm³/mol. The van der Waals surface area contributed by atoms with Gasteiger partial charge in [0.1, 0.15) is 5.75 Å². The first kappa shape index (κ1) is 11.1. The maximum atomic E-state index is 9.68. The quantitative estimate of drug-likeness (QED) is 0.798. The van der Waals surface area contributed by atoms with Crippen LogP contribution in [0.1, 0.15) is 32.4 Å². The molecule has 1 aromatic carbocycles. The highest BCUT2D eigenvalue weighted by atomic mass is 16.3. The predicted octanol–water partition coefficient (Wildman–Crippen LogP) is 2.79. The normalized spacial score (nSPS) is 13.6. The van der Waals surface area contributed by atoms with Gasteiger partial charge >= 0.3 is 0 Å². The lowest BCUT2D eigenvalue weighted by Crippen LogP contribution is -2.29. The second-order valence-electron chi connectivity index (χ2n) is 3.99. The first-order valence-corrected chi connectivity index (χ1v) is 5.04. The Hall–Kier alpha value is -1.02.